The molecule has 0 rings (SSSR count). The SMILES string of the molecule is C=C/C(=C(\C=C(/C)N)CC)C(CCC)CCC. The van der Waals surface area contributed by atoms with Gasteiger partial charge in [0.25, 0.3) is 0 Å². The molecule has 2 N–H and O–H groups in total. The lowest BCUT2D eigenvalue weighted by Gasteiger charge is -2.20. The molecule has 0 aromatic rings. The number of hydrogen-bond donors (Lipinski definition) is 1. The summed E-state index contributed by atoms with van der Waals surface area (Å²) in [6, 6.07) is 0. The molecule has 0 aliphatic heterocycles. The van der Waals surface area contributed by atoms with Crippen molar-refractivity contribution >= 4 is 0 Å². The van der Waals surface area contributed by atoms with Gasteiger partial charge in [-0.15, -0.1) is 0 Å². The smallest absolute Gasteiger partial charge is 0.00517 e. The van der Waals surface area contributed by atoms with Crippen LogP contribution >= 0.6 is 0 Å². The number of hydrogen-bond acceptors (Lipinski definition) is 1. The van der Waals surface area contributed by atoms with Gasteiger partial charge in [0, 0.05) is 5.70 Å². The van der Waals surface area contributed by atoms with E-state index in [9.17, 15) is 0 Å². The van der Waals surface area contributed by atoms with Gasteiger partial charge in [-0.25, -0.2) is 0 Å². The van der Waals surface area contributed by atoms with Crippen molar-refractivity contribution in [2.24, 2.45) is 11.7 Å². The van der Waals surface area contributed by atoms with E-state index in [-0.39, 0.29) is 0 Å². The van der Waals surface area contributed by atoms with Crippen LogP contribution in [0.25, 0.3) is 0 Å². The van der Waals surface area contributed by atoms with Crippen LogP contribution in [-0.4, -0.2) is 0 Å². The lowest BCUT2D eigenvalue weighted by Crippen LogP contribution is -2.05. The van der Waals surface area contributed by atoms with E-state index in [1.54, 1.807) is 0 Å². The van der Waals surface area contributed by atoms with Gasteiger partial charge in [0.05, 0.1) is 0 Å². The molecular formula is C16H29N. The van der Waals surface area contributed by atoms with E-state index < -0.39 is 0 Å². The molecule has 1 heteroatoms. The molecule has 0 unspecified atom stereocenters. The van der Waals surface area contributed by atoms with Crippen LogP contribution in [0.15, 0.2) is 35.6 Å². The third-order valence-corrected chi connectivity index (χ3v) is 3.09. The quantitative estimate of drug-likeness (QED) is 0.591. The molecule has 0 aliphatic carbocycles. The Balaban J connectivity index is 5.25. The highest BCUT2D eigenvalue weighted by Crippen LogP contribution is 2.28. The highest BCUT2D eigenvalue weighted by molar-refractivity contribution is 5.35. The molecular weight excluding hydrogens is 206 g/mol. The Morgan fingerprint density at radius 3 is 2.00 bits per heavy atom. The summed E-state index contributed by atoms with van der Waals surface area (Å²) >= 11 is 0. The first-order valence-electron chi connectivity index (χ1n) is 6.89. The van der Waals surface area contributed by atoms with Gasteiger partial charge in [-0.2, -0.15) is 0 Å². The van der Waals surface area contributed by atoms with E-state index in [2.05, 4.69) is 33.4 Å². The van der Waals surface area contributed by atoms with Gasteiger partial charge >= 0.3 is 0 Å². The van der Waals surface area contributed by atoms with E-state index in [0.717, 1.165) is 12.1 Å². The molecule has 0 saturated heterocycles. The monoisotopic (exact) mass is 235 g/mol. The largest absolute Gasteiger partial charge is 0.402 e. The summed E-state index contributed by atoms with van der Waals surface area (Å²) < 4.78 is 0. The minimum Gasteiger partial charge on any atom is -0.402 e. The van der Waals surface area contributed by atoms with E-state index >= 15 is 0 Å². The van der Waals surface area contributed by atoms with E-state index in [4.69, 9.17) is 5.73 Å². The molecule has 0 amide bonds. The summed E-state index contributed by atoms with van der Waals surface area (Å²) in [5, 5.41) is 0. The zero-order valence-electron chi connectivity index (χ0n) is 12.1. The zero-order chi connectivity index (χ0) is 13.3. The summed E-state index contributed by atoms with van der Waals surface area (Å²) in [5.41, 5.74) is 9.44. The Morgan fingerprint density at radius 1 is 1.18 bits per heavy atom. The molecule has 17 heavy (non-hydrogen) atoms. The van der Waals surface area contributed by atoms with Crippen LogP contribution in [0.2, 0.25) is 0 Å². The van der Waals surface area contributed by atoms with Gasteiger partial charge < -0.3 is 5.73 Å². The first-order chi connectivity index (χ1) is 8.10. The molecule has 0 bridgehead atoms. The van der Waals surface area contributed by atoms with Crippen molar-refractivity contribution in [3.63, 3.8) is 0 Å². The molecule has 0 aromatic heterocycles. The third kappa shape index (κ3) is 5.76. The predicted octanol–water partition coefficient (Wildman–Crippen LogP) is 4.96. The summed E-state index contributed by atoms with van der Waals surface area (Å²) in [7, 11) is 0. The summed E-state index contributed by atoms with van der Waals surface area (Å²) in [6.07, 6.45) is 10.1. The summed E-state index contributed by atoms with van der Waals surface area (Å²) in [4.78, 5) is 0. The van der Waals surface area contributed by atoms with Gasteiger partial charge in [-0.05, 0) is 49.3 Å². The van der Waals surface area contributed by atoms with Crippen LogP contribution < -0.4 is 5.73 Å². The van der Waals surface area contributed by atoms with Gasteiger partial charge in [-0.3, -0.25) is 0 Å². The zero-order valence-corrected chi connectivity index (χ0v) is 12.1. The molecule has 0 spiro atoms. The molecule has 0 fully saturated rings. The predicted molar refractivity (Wildman–Crippen MR) is 78.8 cm³/mol. The maximum absolute atomic E-state index is 5.80. The van der Waals surface area contributed by atoms with Crippen LogP contribution in [0, 0.1) is 5.92 Å². The lowest BCUT2D eigenvalue weighted by atomic mass is 9.86. The minimum absolute atomic E-state index is 0.646. The second kappa shape index (κ2) is 9.09. The fourth-order valence-electron chi connectivity index (χ4n) is 2.38. The Kier molecular flexibility index (Phi) is 8.57. The van der Waals surface area contributed by atoms with Crippen molar-refractivity contribution in [3.8, 4) is 0 Å². The minimum atomic E-state index is 0.646. The second-order valence-corrected chi connectivity index (χ2v) is 4.70. The Morgan fingerprint density at radius 2 is 1.71 bits per heavy atom. The Bertz CT molecular complexity index is 274. The van der Waals surface area contributed by atoms with Crippen molar-refractivity contribution < 1.29 is 0 Å². The lowest BCUT2D eigenvalue weighted by molar-refractivity contribution is 0.509. The third-order valence-electron chi connectivity index (χ3n) is 3.09. The fourth-order valence-corrected chi connectivity index (χ4v) is 2.38. The van der Waals surface area contributed by atoms with Crippen LogP contribution in [-0.2, 0) is 0 Å². The van der Waals surface area contributed by atoms with Crippen molar-refractivity contribution in [2.45, 2.75) is 59.8 Å². The van der Waals surface area contributed by atoms with Crippen LogP contribution in [0.4, 0.5) is 0 Å². The van der Waals surface area contributed by atoms with Crippen molar-refractivity contribution in [2.75, 3.05) is 0 Å². The molecule has 1 nitrogen and oxygen atoms in total. The van der Waals surface area contributed by atoms with E-state index in [1.165, 1.54) is 36.8 Å². The maximum Gasteiger partial charge on any atom is 0.00517 e. The molecule has 0 aromatic carbocycles. The highest BCUT2D eigenvalue weighted by Gasteiger charge is 2.13. The molecule has 0 radical (unpaired) electrons. The Labute approximate surface area is 107 Å². The van der Waals surface area contributed by atoms with Crippen LogP contribution in [0.1, 0.15) is 59.8 Å². The first-order valence-corrected chi connectivity index (χ1v) is 6.89. The Hall–Kier alpha value is -0.980. The second-order valence-electron chi connectivity index (χ2n) is 4.70. The molecule has 0 saturated carbocycles. The van der Waals surface area contributed by atoms with Crippen LogP contribution in [0.3, 0.4) is 0 Å². The van der Waals surface area contributed by atoms with Gasteiger partial charge in [0.15, 0.2) is 0 Å². The number of allylic oxidation sites excluding steroid dienone is 5. The summed E-state index contributed by atoms with van der Waals surface area (Å²) in [5.74, 6) is 0.646. The van der Waals surface area contributed by atoms with Crippen molar-refractivity contribution in [3.05, 3.63) is 35.6 Å². The number of rotatable bonds is 8. The standard InChI is InChI=1S/C16H29N/c1-6-10-15(11-7-2)16(9-4)14(8-3)12-13(5)17/h9,12,15H,4,6-8,10-11,17H2,1-3,5H3/b13-12+,16-14+. The van der Waals surface area contributed by atoms with E-state index in [0.29, 0.717) is 5.92 Å². The summed E-state index contributed by atoms with van der Waals surface area (Å²) in [6.45, 7) is 12.6. The van der Waals surface area contributed by atoms with Gasteiger partial charge in [0.1, 0.15) is 0 Å². The van der Waals surface area contributed by atoms with Gasteiger partial charge in [-0.1, -0.05) is 46.3 Å². The fraction of sp³-hybridized carbons (Fsp3) is 0.625. The van der Waals surface area contributed by atoms with Gasteiger partial charge in [0.2, 0.25) is 0 Å². The molecule has 98 valence electrons. The molecule has 0 aliphatic rings. The topological polar surface area (TPSA) is 26.0 Å². The maximum atomic E-state index is 5.80. The average molecular weight is 235 g/mol. The molecule has 0 heterocycles. The normalized spacial score (nSPS) is 13.8. The van der Waals surface area contributed by atoms with E-state index in [1.807, 2.05) is 13.0 Å². The van der Waals surface area contributed by atoms with Crippen molar-refractivity contribution in [1.82, 2.24) is 0 Å². The molecule has 0 atom stereocenters. The highest BCUT2D eigenvalue weighted by atomic mass is 14.5. The van der Waals surface area contributed by atoms with Crippen LogP contribution in [0.5, 0.6) is 0 Å². The average Bonchev–Trinajstić information content (AvgIpc) is 2.28. The number of nitrogens with two attached hydrogens (primary N) is 1. The first kappa shape index (κ1) is 16.0. The van der Waals surface area contributed by atoms with Crippen molar-refractivity contribution in [1.29, 1.82) is 0 Å².